The molecule has 0 saturated heterocycles. The van der Waals surface area contributed by atoms with Crippen LogP contribution >= 0.6 is 11.6 Å². The van der Waals surface area contributed by atoms with Crippen LogP contribution in [0.2, 0.25) is 0 Å². The van der Waals surface area contributed by atoms with Gasteiger partial charge in [-0.3, -0.25) is 14.4 Å². The fourth-order valence-corrected chi connectivity index (χ4v) is 3.92. The quantitative estimate of drug-likeness (QED) is 0.354. The van der Waals surface area contributed by atoms with E-state index in [2.05, 4.69) is 5.32 Å². The molecule has 32 heavy (non-hydrogen) atoms. The molecule has 8 nitrogen and oxygen atoms in total. The van der Waals surface area contributed by atoms with Crippen molar-refractivity contribution in [2.45, 2.75) is 18.5 Å². The van der Waals surface area contributed by atoms with Crippen LogP contribution in [0.5, 0.6) is 0 Å². The summed E-state index contributed by atoms with van der Waals surface area (Å²) in [6.45, 7) is -1.20. The lowest BCUT2D eigenvalue weighted by molar-refractivity contribution is -0.142. The van der Waals surface area contributed by atoms with E-state index in [0.29, 0.717) is 0 Å². The number of aliphatic carboxylic acids is 1. The zero-order chi connectivity index (χ0) is 23.3. The van der Waals surface area contributed by atoms with Gasteiger partial charge in [-0.25, -0.2) is 0 Å². The number of halogens is 1. The second-order valence-corrected chi connectivity index (χ2v) is 7.81. The van der Waals surface area contributed by atoms with Gasteiger partial charge in [-0.2, -0.15) is 0 Å². The van der Waals surface area contributed by atoms with E-state index >= 15 is 0 Å². The summed E-state index contributed by atoms with van der Waals surface area (Å²) in [6, 6.07) is 17.2. The Hall–Kier alpha value is -3.36. The molecule has 0 saturated carbocycles. The van der Waals surface area contributed by atoms with E-state index in [-0.39, 0.29) is 18.8 Å². The van der Waals surface area contributed by atoms with Gasteiger partial charge in [-0.1, -0.05) is 54.6 Å². The monoisotopic (exact) mass is 458 g/mol. The van der Waals surface area contributed by atoms with Crippen molar-refractivity contribution in [3.63, 3.8) is 0 Å². The number of carbonyl (C=O) groups is 3. The van der Waals surface area contributed by atoms with Crippen LogP contribution in [0.15, 0.2) is 65.9 Å². The van der Waals surface area contributed by atoms with Gasteiger partial charge < -0.3 is 25.5 Å². The second-order valence-electron chi connectivity index (χ2n) is 7.55. The van der Waals surface area contributed by atoms with Crippen molar-refractivity contribution in [2.24, 2.45) is 0 Å². The Kier molecular flexibility index (Phi) is 7.17. The van der Waals surface area contributed by atoms with E-state index in [1.165, 1.54) is 4.90 Å². The van der Waals surface area contributed by atoms with Crippen molar-refractivity contribution < 1.29 is 29.7 Å². The Balaban J connectivity index is 1.89. The molecule has 0 fully saturated rings. The predicted octanol–water partition coefficient (Wildman–Crippen LogP) is 2.07. The summed E-state index contributed by atoms with van der Waals surface area (Å²) in [5, 5.41) is 31.3. The van der Waals surface area contributed by atoms with Gasteiger partial charge in [0.2, 0.25) is 0 Å². The van der Waals surface area contributed by atoms with E-state index in [0.717, 1.165) is 16.7 Å². The Morgan fingerprint density at radius 2 is 1.69 bits per heavy atom. The number of hydrogen-bond donors (Lipinski definition) is 4. The first-order chi connectivity index (χ1) is 15.3. The highest BCUT2D eigenvalue weighted by atomic mass is 35.5. The highest BCUT2D eigenvalue weighted by molar-refractivity contribution is 6.21. The van der Waals surface area contributed by atoms with Crippen LogP contribution in [0, 0.1) is 0 Å². The molecule has 1 aliphatic heterocycles. The van der Waals surface area contributed by atoms with Gasteiger partial charge >= 0.3 is 5.97 Å². The number of nitrogens with one attached hydrogen (secondary N) is 1. The fraction of sp³-hybridized carbons (Fsp3) is 0.261. The number of aliphatic hydroxyl groups excluding tert-OH is 2. The molecule has 0 radical (unpaired) electrons. The molecule has 3 rings (SSSR count). The lowest BCUT2D eigenvalue weighted by Crippen LogP contribution is -2.59. The largest absolute Gasteiger partial charge is 0.511 e. The van der Waals surface area contributed by atoms with Crippen molar-refractivity contribution >= 4 is 29.4 Å². The van der Waals surface area contributed by atoms with Crippen LogP contribution in [0.4, 0.5) is 0 Å². The first-order valence-corrected chi connectivity index (χ1v) is 10.4. The number of alkyl halides is 1. The number of amides is 2. The number of carbonyl (C=O) groups excluding carboxylic acids is 2. The first kappa shape index (κ1) is 23.3. The highest BCUT2D eigenvalue weighted by Gasteiger charge is 2.47. The summed E-state index contributed by atoms with van der Waals surface area (Å²) in [4.78, 5) is 37.6. The number of rotatable bonds is 8. The number of carboxylic acid groups (broad SMARTS) is 1. The molecule has 1 atom stereocenters. The molecule has 0 aromatic heterocycles. The van der Waals surface area contributed by atoms with E-state index in [1.54, 1.807) is 0 Å². The molecule has 0 aliphatic carbocycles. The number of benzene rings is 2. The fourth-order valence-electron chi connectivity index (χ4n) is 3.60. The van der Waals surface area contributed by atoms with Crippen LogP contribution in [0.3, 0.4) is 0 Å². The molecule has 2 aromatic rings. The summed E-state index contributed by atoms with van der Waals surface area (Å²) < 4.78 is 0. The lowest BCUT2D eigenvalue weighted by Gasteiger charge is -2.44. The van der Waals surface area contributed by atoms with Crippen LogP contribution in [-0.4, -0.2) is 62.6 Å². The summed E-state index contributed by atoms with van der Waals surface area (Å²) >= 11 is 6.10. The van der Waals surface area contributed by atoms with Crippen molar-refractivity contribution in [3.8, 4) is 11.1 Å². The molecule has 2 aromatic carbocycles. The van der Waals surface area contributed by atoms with Gasteiger partial charge in [0.1, 0.15) is 17.9 Å². The minimum absolute atomic E-state index is 0.0319. The summed E-state index contributed by atoms with van der Waals surface area (Å²) in [5.41, 5.74) is 0.881. The number of aliphatic hydroxyl groups is 2. The average Bonchev–Trinajstić information content (AvgIpc) is 2.80. The maximum absolute atomic E-state index is 13.2. The minimum atomic E-state index is -1.31. The molecule has 0 bridgehead atoms. The Bertz CT molecular complexity index is 1030. The summed E-state index contributed by atoms with van der Waals surface area (Å²) in [5.74, 6) is -3.84. The summed E-state index contributed by atoms with van der Waals surface area (Å²) in [7, 11) is 0. The summed E-state index contributed by atoms with van der Waals surface area (Å²) in [6.07, 6.45) is -0.239. The van der Waals surface area contributed by atoms with Gasteiger partial charge in [-0.15, -0.1) is 11.6 Å². The highest BCUT2D eigenvalue weighted by Crippen LogP contribution is 2.34. The van der Waals surface area contributed by atoms with E-state index < -0.39 is 47.8 Å². The van der Waals surface area contributed by atoms with E-state index in [9.17, 15) is 24.6 Å². The van der Waals surface area contributed by atoms with Crippen molar-refractivity contribution in [3.05, 3.63) is 71.5 Å². The third kappa shape index (κ3) is 4.76. The van der Waals surface area contributed by atoms with Gasteiger partial charge in [0, 0.05) is 18.8 Å². The molecule has 1 unspecified atom stereocenters. The van der Waals surface area contributed by atoms with Gasteiger partial charge in [0.05, 0.1) is 12.1 Å². The molecule has 1 aliphatic rings. The molecule has 4 N–H and O–H groups in total. The van der Waals surface area contributed by atoms with Crippen molar-refractivity contribution in [1.82, 2.24) is 10.2 Å². The molecule has 1 heterocycles. The molecule has 168 valence electrons. The number of carboxylic acids is 1. The Morgan fingerprint density at radius 1 is 1.06 bits per heavy atom. The molecule has 0 spiro atoms. The SMILES string of the molecule is O=C(O)CNC(=O)C1=C(O)CC(CO)(CCl)N(Cc2ccc(-c3ccccc3)cc2)C1=O. The zero-order valence-corrected chi connectivity index (χ0v) is 17.9. The number of hydrogen-bond acceptors (Lipinski definition) is 5. The van der Waals surface area contributed by atoms with Crippen molar-refractivity contribution in [1.29, 1.82) is 0 Å². The predicted molar refractivity (Wildman–Crippen MR) is 118 cm³/mol. The topological polar surface area (TPSA) is 127 Å². The normalized spacial score (nSPS) is 18.6. The third-order valence-corrected chi connectivity index (χ3v) is 5.89. The first-order valence-electron chi connectivity index (χ1n) is 9.86. The third-order valence-electron chi connectivity index (χ3n) is 5.39. The zero-order valence-electron chi connectivity index (χ0n) is 17.1. The van der Waals surface area contributed by atoms with Crippen LogP contribution in [-0.2, 0) is 20.9 Å². The smallest absolute Gasteiger partial charge is 0.322 e. The standard InChI is InChI=1S/C23H23ClN2O6/c24-13-23(14-27)10-18(28)20(21(31)25-11-19(29)30)22(32)26(23)12-15-6-8-17(9-7-15)16-4-2-1-3-5-16/h1-9,27-28H,10-14H2,(H,25,31)(H,29,30). The van der Waals surface area contributed by atoms with Crippen molar-refractivity contribution in [2.75, 3.05) is 19.0 Å². The maximum atomic E-state index is 13.2. The molecular formula is C23H23ClN2O6. The molecule has 2 amide bonds. The van der Waals surface area contributed by atoms with E-state index in [4.69, 9.17) is 16.7 Å². The lowest BCUT2D eigenvalue weighted by atomic mass is 9.87. The molecular weight excluding hydrogens is 436 g/mol. The average molecular weight is 459 g/mol. The second kappa shape index (κ2) is 9.84. The van der Waals surface area contributed by atoms with E-state index in [1.807, 2.05) is 54.6 Å². The van der Waals surface area contributed by atoms with Crippen LogP contribution in [0.25, 0.3) is 11.1 Å². The Labute approximate surface area is 189 Å². The number of nitrogens with zero attached hydrogens (tertiary/aromatic N) is 1. The van der Waals surface area contributed by atoms with Gasteiger partial charge in [0.15, 0.2) is 0 Å². The van der Waals surface area contributed by atoms with Gasteiger partial charge in [0.25, 0.3) is 11.8 Å². The minimum Gasteiger partial charge on any atom is -0.511 e. The molecule has 9 heteroatoms. The van der Waals surface area contributed by atoms with Crippen LogP contribution in [0.1, 0.15) is 12.0 Å². The van der Waals surface area contributed by atoms with Gasteiger partial charge in [-0.05, 0) is 16.7 Å². The Morgan fingerprint density at radius 3 is 2.25 bits per heavy atom. The van der Waals surface area contributed by atoms with Crippen LogP contribution < -0.4 is 5.32 Å². The maximum Gasteiger partial charge on any atom is 0.322 e.